The lowest BCUT2D eigenvalue weighted by Gasteiger charge is -2.35. The highest BCUT2D eigenvalue weighted by molar-refractivity contribution is 7.71. The normalized spacial score (nSPS) is 15.3. The first-order chi connectivity index (χ1) is 13.2. The van der Waals surface area contributed by atoms with Crippen LogP contribution in [0.3, 0.4) is 0 Å². The Bertz CT molecular complexity index is 938. The van der Waals surface area contributed by atoms with Crippen LogP contribution in [0, 0.1) is 4.77 Å². The molecular weight excluding hydrogens is 362 g/mol. The van der Waals surface area contributed by atoms with Crippen molar-refractivity contribution in [3.8, 4) is 17.3 Å². The summed E-state index contributed by atoms with van der Waals surface area (Å²) in [5.74, 6) is 2.36. The fraction of sp³-hybridized carbons (Fsp3) is 0.368. The van der Waals surface area contributed by atoms with Gasteiger partial charge in [0, 0.05) is 38.9 Å². The number of furan rings is 1. The standard InChI is InChI=1S/C19H23N5O2S/c1-21-18(17-4-3-13-26-17)20-24(19(21)27)14-22-9-11-23(12-10-22)15-5-7-16(25-2)8-6-15/h3-8,13H,9-12,14H2,1-2H3. The van der Waals surface area contributed by atoms with Crippen molar-refractivity contribution in [1.82, 2.24) is 19.2 Å². The second-order valence-electron chi connectivity index (χ2n) is 6.59. The van der Waals surface area contributed by atoms with E-state index in [9.17, 15) is 0 Å². The fourth-order valence-electron chi connectivity index (χ4n) is 3.33. The van der Waals surface area contributed by atoms with Crippen molar-refractivity contribution in [1.29, 1.82) is 0 Å². The van der Waals surface area contributed by atoms with Crippen LogP contribution in [0.15, 0.2) is 47.1 Å². The Morgan fingerprint density at radius 3 is 2.48 bits per heavy atom. The zero-order valence-electron chi connectivity index (χ0n) is 15.5. The summed E-state index contributed by atoms with van der Waals surface area (Å²) in [5.41, 5.74) is 1.23. The number of hydrogen-bond donors (Lipinski definition) is 0. The Balaban J connectivity index is 1.41. The van der Waals surface area contributed by atoms with E-state index in [0.29, 0.717) is 11.4 Å². The molecule has 0 amide bonds. The quantitative estimate of drug-likeness (QED) is 0.630. The largest absolute Gasteiger partial charge is 0.497 e. The molecule has 1 aromatic carbocycles. The summed E-state index contributed by atoms with van der Waals surface area (Å²) in [6.45, 7) is 4.54. The molecule has 1 fully saturated rings. The molecule has 1 saturated heterocycles. The van der Waals surface area contributed by atoms with Crippen molar-refractivity contribution < 1.29 is 9.15 Å². The highest BCUT2D eigenvalue weighted by Gasteiger charge is 2.19. The van der Waals surface area contributed by atoms with Gasteiger partial charge in [-0.25, -0.2) is 4.68 Å². The van der Waals surface area contributed by atoms with Crippen LogP contribution < -0.4 is 9.64 Å². The Kier molecular flexibility index (Phi) is 5.00. The van der Waals surface area contributed by atoms with Gasteiger partial charge >= 0.3 is 0 Å². The minimum atomic E-state index is 0.684. The second-order valence-corrected chi connectivity index (χ2v) is 6.95. The van der Waals surface area contributed by atoms with Crippen LogP contribution in [0.5, 0.6) is 5.75 Å². The van der Waals surface area contributed by atoms with Gasteiger partial charge < -0.3 is 18.6 Å². The van der Waals surface area contributed by atoms with E-state index >= 15 is 0 Å². The topological polar surface area (TPSA) is 51.6 Å². The summed E-state index contributed by atoms with van der Waals surface area (Å²) < 4.78 is 15.2. The Hall–Kier alpha value is -2.58. The van der Waals surface area contributed by atoms with Gasteiger partial charge in [0.05, 0.1) is 20.0 Å². The third-order valence-corrected chi connectivity index (χ3v) is 5.41. The van der Waals surface area contributed by atoms with Crippen LogP contribution in [0.25, 0.3) is 11.6 Å². The minimum absolute atomic E-state index is 0.684. The van der Waals surface area contributed by atoms with Gasteiger partial charge in [-0.1, -0.05) is 0 Å². The van der Waals surface area contributed by atoms with E-state index in [0.717, 1.165) is 43.5 Å². The van der Waals surface area contributed by atoms with Gasteiger partial charge in [-0.05, 0) is 48.6 Å². The van der Waals surface area contributed by atoms with E-state index in [1.807, 2.05) is 40.6 Å². The maximum Gasteiger partial charge on any atom is 0.199 e. The predicted octanol–water partition coefficient (Wildman–Crippen LogP) is 3.00. The summed E-state index contributed by atoms with van der Waals surface area (Å²) in [5, 5.41) is 4.65. The number of rotatable bonds is 5. The number of aromatic nitrogens is 3. The Morgan fingerprint density at radius 2 is 1.85 bits per heavy atom. The fourth-order valence-corrected chi connectivity index (χ4v) is 3.52. The van der Waals surface area contributed by atoms with Crippen molar-refractivity contribution >= 4 is 17.9 Å². The number of benzene rings is 1. The molecule has 3 heterocycles. The lowest BCUT2D eigenvalue weighted by Crippen LogP contribution is -2.47. The molecule has 0 aliphatic carbocycles. The van der Waals surface area contributed by atoms with Crippen LogP contribution in [-0.2, 0) is 13.7 Å². The molecule has 1 aliphatic rings. The molecule has 0 saturated carbocycles. The maximum absolute atomic E-state index is 5.55. The molecular formula is C19H23N5O2S. The molecule has 0 bridgehead atoms. The number of piperazine rings is 1. The molecule has 0 radical (unpaired) electrons. The highest BCUT2D eigenvalue weighted by atomic mass is 32.1. The van der Waals surface area contributed by atoms with Gasteiger partial charge in [0.1, 0.15) is 5.75 Å². The number of anilines is 1. The average molecular weight is 385 g/mol. The van der Waals surface area contributed by atoms with Gasteiger partial charge in [-0.15, -0.1) is 5.10 Å². The molecule has 142 valence electrons. The molecule has 4 rings (SSSR count). The van der Waals surface area contributed by atoms with Crippen LogP contribution in [-0.4, -0.2) is 52.5 Å². The molecule has 0 N–H and O–H groups in total. The summed E-state index contributed by atoms with van der Waals surface area (Å²) in [7, 11) is 3.61. The summed E-state index contributed by atoms with van der Waals surface area (Å²) in [6, 6.07) is 12.0. The molecule has 27 heavy (non-hydrogen) atoms. The monoisotopic (exact) mass is 385 g/mol. The maximum atomic E-state index is 5.55. The van der Waals surface area contributed by atoms with Crippen molar-refractivity contribution in [3.05, 3.63) is 47.4 Å². The van der Waals surface area contributed by atoms with E-state index in [-0.39, 0.29) is 0 Å². The summed E-state index contributed by atoms with van der Waals surface area (Å²) >= 11 is 5.55. The summed E-state index contributed by atoms with van der Waals surface area (Å²) in [4.78, 5) is 4.76. The van der Waals surface area contributed by atoms with Gasteiger partial charge in [0.2, 0.25) is 0 Å². The van der Waals surface area contributed by atoms with Gasteiger partial charge in [0.25, 0.3) is 0 Å². The number of methoxy groups -OCH3 is 1. The molecule has 0 atom stereocenters. The Morgan fingerprint density at radius 1 is 1.11 bits per heavy atom. The van der Waals surface area contributed by atoms with E-state index < -0.39 is 0 Å². The van der Waals surface area contributed by atoms with Crippen molar-refractivity contribution in [2.75, 3.05) is 38.2 Å². The average Bonchev–Trinajstić information content (AvgIpc) is 3.33. The van der Waals surface area contributed by atoms with Crippen LogP contribution in [0.1, 0.15) is 0 Å². The van der Waals surface area contributed by atoms with Crippen LogP contribution in [0.2, 0.25) is 0 Å². The van der Waals surface area contributed by atoms with E-state index in [4.69, 9.17) is 21.4 Å². The zero-order chi connectivity index (χ0) is 18.8. The molecule has 0 unspecified atom stereocenters. The number of hydrogen-bond acceptors (Lipinski definition) is 6. The Labute approximate surface area is 163 Å². The van der Waals surface area contributed by atoms with Crippen molar-refractivity contribution in [2.24, 2.45) is 7.05 Å². The zero-order valence-corrected chi connectivity index (χ0v) is 16.4. The first-order valence-corrected chi connectivity index (χ1v) is 9.35. The molecule has 2 aromatic heterocycles. The van der Waals surface area contributed by atoms with E-state index in [1.165, 1.54) is 5.69 Å². The van der Waals surface area contributed by atoms with Gasteiger partial charge in [0.15, 0.2) is 16.4 Å². The van der Waals surface area contributed by atoms with E-state index in [2.05, 4.69) is 27.0 Å². The van der Waals surface area contributed by atoms with Crippen LogP contribution >= 0.6 is 12.2 Å². The summed E-state index contributed by atoms with van der Waals surface area (Å²) in [6.07, 6.45) is 1.65. The molecule has 0 spiro atoms. The lowest BCUT2D eigenvalue weighted by molar-refractivity contribution is 0.194. The number of nitrogens with zero attached hydrogens (tertiary/aromatic N) is 5. The molecule has 7 nitrogen and oxygen atoms in total. The third-order valence-electron chi connectivity index (χ3n) is 4.93. The SMILES string of the molecule is COc1ccc(N2CCN(Cn3nc(-c4ccco4)n(C)c3=S)CC2)cc1. The highest BCUT2D eigenvalue weighted by Crippen LogP contribution is 2.21. The first-order valence-electron chi connectivity index (χ1n) is 8.95. The number of ether oxygens (including phenoxy) is 1. The van der Waals surface area contributed by atoms with Crippen molar-refractivity contribution in [2.45, 2.75) is 6.67 Å². The predicted molar refractivity (Wildman–Crippen MR) is 107 cm³/mol. The minimum Gasteiger partial charge on any atom is -0.497 e. The molecule has 3 aromatic rings. The first kappa shape index (κ1) is 17.8. The van der Waals surface area contributed by atoms with Gasteiger partial charge in [-0.3, -0.25) is 4.90 Å². The smallest absolute Gasteiger partial charge is 0.199 e. The third kappa shape index (κ3) is 3.63. The second kappa shape index (κ2) is 7.58. The van der Waals surface area contributed by atoms with E-state index in [1.54, 1.807) is 13.4 Å². The lowest BCUT2D eigenvalue weighted by atomic mass is 10.2. The molecule has 8 heteroatoms. The van der Waals surface area contributed by atoms with Crippen molar-refractivity contribution in [3.63, 3.8) is 0 Å². The molecule has 1 aliphatic heterocycles. The van der Waals surface area contributed by atoms with Crippen LogP contribution in [0.4, 0.5) is 5.69 Å². The van der Waals surface area contributed by atoms with Gasteiger partial charge in [-0.2, -0.15) is 0 Å².